The highest BCUT2D eigenvalue weighted by Crippen LogP contribution is 2.31. The van der Waals surface area contributed by atoms with Gasteiger partial charge in [0.1, 0.15) is 0 Å². The number of nitrogens with zero attached hydrogens (tertiary/aromatic N) is 1. The molecule has 0 aromatic carbocycles. The quantitative estimate of drug-likeness (QED) is 0.781. The lowest BCUT2D eigenvalue weighted by molar-refractivity contribution is 0.411. The SMILES string of the molecule is CCCC(CCC)c1noc(N)c1CC. The van der Waals surface area contributed by atoms with Crippen molar-refractivity contribution in [3.05, 3.63) is 11.3 Å². The minimum absolute atomic E-state index is 0.504. The Hall–Kier alpha value is -0.990. The molecule has 0 fully saturated rings. The molecule has 3 nitrogen and oxygen atoms in total. The van der Waals surface area contributed by atoms with Gasteiger partial charge in [0, 0.05) is 11.5 Å². The van der Waals surface area contributed by atoms with E-state index < -0.39 is 0 Å². The van der Waals surface area contributed by atoms with Crippen LogP contribution in [0.4, 0.5) is 5.88 Å². The van der Waals surface area contributed by atoms with E-state index >= 15 is 0 Å². The fraction of sp³-hybridized carbons (Fsp3) is 0.750. The summed E-state index contributed by atoms with van der Waals surface area (Å²) in [7, 11) is 0. The van der Waals surface area contributed by atoms with E-state index in [0.29, 0.717) is 11.8 Å². The van der Waals surface area contributed by atoms with Crippen molar-refractivity contribution in [1.29, 1.82) is 0 Å². The van der Waals surface area contributed by atoms with Gasteiger partial charge < -0.3 is 10.3 Å². The first-order chi connectivity index (χ1) is 7.24. The Morgan fingerprint density at radius 1 is 1.20 bits per heavy atom. The second-order valence-corrected chi connectivity index (χ2v) is 4.04. The predicted molar refractivity (Wildman–Crippen MR) is 62.9 cm³/mol. The van der Waals surface area contributed by atoms with Gasteiger partial charge in [-0.3, -0.25) is 0 Å². The fourth-order valence-corrected chi connectivity index (χ4v) is 2.13. The highest BCUT2D eigenvalue weighted by Gasteiger charge is 2.20. The van der Waals surface area contributed by atoms with Crippen LogP contribution in [0.25, 0.3) is 0 Å². The molecule has 15 heavy (non-hydrogen) atoms. The van der Waals surface area contributed by atoms with Crippen molar-refractivity contribution in [1.82, 2.24) is 5.16 Å². The van der Waals surface area contributed by atoms with Crippen molar-refractivity contribution in [2.75, 3.05) is 5.73 Å². The average Bonchev–Trinajstić information content (AvgIpc) is 2.59. The summed E-state index contributed by atoms with van der Waals surface area (Å²) in [5.41, 5.74) is 7.96. The van der Waals surface area contributed by atoms with Gasteiger partial charge in [0.05, 0.1) is 5.69 Å². The fourth-order valence-electron chi connectivity index (χ4n) is 2.13. The van der Waals surface area contributed by atoms with E-state index in [9.17, 15) is 0 Å². The number of hydrogen-bond acceptors (Lipinski definition) is 3. The zero-order chi connectivity index (χ0) is 11.3. The lowest BCUT2D eigenvalue weighted by Gasteiger charge is -2.13. The molecule has 0 aliphatic carbocycles. The highest BCUT2D eigenvalue weighted by atomic mass is 16.5. The van der Waals surface area contributed by atoms with Crippen LogP contribution in [-0.2, 0) is 6.42 Å². The minimum atomic E-state index is 0.504. The van der Waals surface area contributed by atoms with Gasteiger partial charge in [-0.1, -0.05) is 38.8 Å². The van der Waals surface area contributed by atoms with Crippen LogP contribution in [0.5, 0.6) is 0 Å². The first kappa shape index (κ1) is 12.1. The maximum absolute atomic E-state index is 5.75. The molecule has 3 heteroatoms. The normalized spacial score (nSPS) is 11.2. The number of anilines is 1. The molecule has 1 rings (SSSR count). The van der Waals surface area contributed by atoms with E-state index in [1.807, 2.05) is 0 Å². The van der Waals surface area contributed by atoms with Crippen LogP contribution in [-0.4, -0.2) is 5.16 Å². The Kier molecular flexibility index (Phi) is 4.66. The van der Waals surface area contributed by atoms with Gasteiger partial charge in [-0.25, -0.2) is 0 Å². The van der Waals surface area contributed by atoms with Crippen LogP contribution in [0.1, 0.15) is 63.6 Å². The molecule has 0 aliphatic heterocycles. The third-order valence-electron chi connectivity index (χ3n) is 2.86. The molecular weight excluding hydrogens is 188 g/mol. The van der Waals surface area contributed by atoms with Gasteiger partial charge in [-0.2, -0.15) is 0 Å². The molecule has 0 unspecified atom stereocenters. The summed E-state index contributed by atoms with van der Waals surface area (Å²) in [5, 5.41) is 4.12. The largest absolute Gasteiger partial charge is 0.367 e. The van der Waals surface area contributed by atoms with E-state index in [2.05, 4.69) is 25.9 Å². The summed E-state index contributed by atoms with van der Waals surface area (Å²) >= 11 is 0. The first-order valence-electron chi connectivity index (χ1n) is 5.98. The van der Waals surface area contributed by atoms with E-state index in [1.54, 1.807) is 0 Å². The Bertz CT molecular complexity index is 288. The maximum atomic E-state index is 5.75. The van der Waals surface area contributed by atoms with Gasteiger partial charge in [-0.15, -0.1) is 0 Å². The van der Waals surface area contributed by atoms with Crippen LogP contribution in [0.15, 0.2) is 4.52 Å². The zero-order valence-electron chi connectivity index (χ0n) is 10.0. The van der Waals surface area contributed by atoms with Crippen molar-refractivity contribution in [3.63, 3.8) is 0 Å². The number of nitrogens with two attached hydrogens (primary N) is 1. The van der Waals surface area contributed by atoms with E-state index in [-0.39, 0.29) is 0 Å². The average molecular weight is 210 g/mol. The van der Waals surface area contributed by atoms with E-state index in [1.165, 1.54) is 25.7 Å². The van der Waals surface area contributed by atoms with Crippen molar-refractivity contribution in [2.24, 2.45) is 0 Å². The molecule has 1 aromatic rings. The lowest BCUT2D eigenvalue weighted by atomic mass is 9.91. The first-order valence-corrected chi connectivity index (χ1v) is 5.98. The molecule has 0 radical (unpaired) electrons. The summed E-state index contributed by atoms with van der Waals surface area (Å²) in [6, 6.07) is 0. The smallest absolute Gasteiger partial charge is 0.225 e. The van der Waals surface area contributed by atoms with Crippen molar-refractivity contribution in [2.45, 2.75) is 58.8 Å². The van der Waals surface area contributed by atoms with Crippen molar-refractivity contribution < 1.29 is 4.52 Å². The molecule has 0 amide bonds. The second kappa shape index (κ2) is 5.79. The number of nitrogen functional groups attached to an aromatic ring is 1. The number of aromatic nitrogens is 1. The maximum Gasteiger partial charge on any atom is 0.225 e. The van der Waals surface area contributed by atoms with Gasteiger partial charge >= 0.3 is 0 Å². The molecule has 0 saturated carbocycles. The summed E-state index contributed by atoms with van der Waals surface area (Å²) in [5.74, 6) is 1.03. The Labute approximate surface area is 92.0 Å². The van der Waals surface area contributed by atoms with Crippen LogP contribution in [0.3, 0.4) is 0 Å². The molecule has 86 valence electrons. The minimum Gasteiger partial charge on any atom is -0.367 e. The number of rotatable bonds is 6. The second-order valence-electron chi connectivity index (χ2n) is 4.04. The van der Waals surface area contributed by atoms with Crippen LogP contribution >= 0.6 is 0 Å². The molecule has 0 spiro atoms. The molecule has 0 atom stereocenters. The highest BCUT2D eigenvalue weighted by molar-refractivity contribution is 5.40. The Morgan fingerprint density at radius 2 is 1.80 bits per heavy atom. The summed E-state index contributed by atoms with van der Waals surface area (Å²) in [6.07, 6.45) is 5.62. The van der Waals surface area contributed by atoms with Crippen LogP contribution < -0.4 is 5.73 Å². The van der Waals surface area contributed by atoms with Crippen LogP contribution in [0.2, 0.25) is 0 Å². The Morgan fingerprint density at radius 3 is 2.27 bits per heavy atom. The molecule has 0 bridgehead atoms. The summed E-state index contributed by atoms with van der Waals surface area (Å²) in [6.45, 7) is 6.51. The van der Waals surface area contributed by atoms with E-state index in [4.69, 9.17) is 10.3 Å². The molecule has 0 aliphatic rings. The zero-order valence-corrected chi connectivity index (χ0v) is 10.0. The molecule has 0 saturated heterocycles. The van der Waals surface area contributed by atoms with E-state index in [0.717, 1.165) is 17.7 Å². The van der Waals surface area contributed by atoms with Gasteiger partial charge in [0.15, 0.2) is 0 Å². The standard InChI is InChI=1S/C12H22N2O/c1-4-7-9(8-5-2)11-10(6-3)12(13)15-14-11/h9H,4-8,13H2,1-3H3. The predicted octanol–water partition coefficient (Wildman–Crippen LogP) is 3.50. The van der Waals surface area contributed by atoms with Gasteiger partial charge in [-0.05, 0) is 19.3 Å². The topological polar surface area (TPSA) is 52.0 Å². The molecule has 1 heterocycles. The Balaban J connectivity index is 2.88. The van der Waals surface area contributed by atoms with Gasteiger partial charge in [0.25, 0.3) is 0 Å². The molecule has 2 N–H and O–H groups in total. The van der Waals surface area contributed by atoms with Crippen molar-refractivity contribution >= 4 is 5.88 Å². The summed E-state index contributed by atoms with van der Waals surface area (Å²) < 4.78 is 5.09. The monoisotopic (exact) mass is 210 g/mol. The van der Waals surface area contributed by atoms with Gasteiger partial charge in [0.2, 0.25) is 5.88 Å². The molecule has 1 aromatic heterocycles. The lowest BCUT2D eigenvalue weighted by Crippen LogP contribution is -2.02. The number of hydrogen-bond donors (Lipinski definition) is 1. The third-order valence-corrected chi connectivity index (χ3v) is 2.86. The van der Waals surface area contributed by atoms with Crippen LogP contribution in [0, 0.1) is 0 Å². The summed E-state index contributed by atoms with van der Waals surface area (Å²) in [4.78, 5) is 0. The molecular formula is C12H22N2O. The third kappa shape index (κ3) is 2.74. The van der Waals surface area contributed by atoms with Crippen molar-refractivity contribution in [3.8, 4) is 0 Å².